The van der Waals surface area contributed by atoms with Crippen molar-refractivity contribution in [2.75, 3.05) is 0 Å². The summed E-state index contributed by atoms with van der Waals surface area (Å²) < 4.78 is 18.3. The van der Waals surface area contributed by atoms with Gasteiger partial charge in [-0.3, -0.25) is 0 Å². The predicted molar refractivity (Wildman–Crippen MR) is 178 cm³/mol. The Bertz CT molecular complexity index is 2000. The summed E-state index contributed by atoms with van der Waals surface area (Å²) in [7, 11) is 0. The lowest BCUT2D eigenvalue weighted by molar-refractivity contribution is -0.364. The van der Waals surface area contributed by atoms with Gasteiger partial charge in [-0.05, 0) is 138 Å². The van der Waals surface area contributed by atoms with Crippen LogP contribution >= 0.6 is 0 Å². The number of phenols is 3. The summed E-state index contributed by atoms with van der Waals surface area (Å²) in [6.07, 6.45) is 8.73. The Kier molecular flexibility index (Phi) is 7.84. The Balaban J connectivity index is 1.22. The number of aryl methyl sites for hydroxylation is 1. The summed E-state index contributed by atoms with van der Waals surface area (Å²) in [6.45, 7) is 0. The highest BCUT2D eigenvalue weighted by Gasteiger charge is 2.26. The third-order valence-corrected chi connectivity index (χ3v) is 8.00. The van der Waals surface area contributed by atoms with E-state index in [1.54, 1.807) is 72.8 Å². The average Bonchev–Trinajstić information content (AvgIpc) is 3.21. The summed E-state index contributed by atoms with van der Waals surface area (Å²) in [5.74, 6) is 4.63. The molecule has 0 heterocycles. The fourth-order valence-electron chi connectivity index (χ4n) is 5.68. The number of hydrogen-bond donors (Lipinski definition) is 3. The van der Waals surface area contributed by atoms with Crippen LogP contribution in [0.2, 0.25) is 0 Å². The van der Waals surface area contributed by atoms with Crippen molar-refractivity contribution in [2.24, 2.45) is 0 Å². The van der Waals surface area contributed by atoms with Crippen LogP contribution in [-0.4, -0.2) is 21.1 Å². The van der Waals surface area contributed by atoms with Crippen molar-refractivity contribution in [1.82, 2.24) is 0 Å². The lowest BCUT2D eigenvalue weighted by atomic mass is 9.87. The van der Waals surface area contributed by atoms with Crippen LogP contribution in [0.4, 0.5) is 0 Å². The minimum absolute atomic E-state index is 0.184. The van der Waals surface area contributed by atoms with Crippen molar-refractivity contribution in [2.45, 2.75) is 19.3 Å². The Morgan fingerprint density at radius 3 is 1.74 bits per heavy atom. The standard InChI is InChI=1S/C40H30O6/c41-29-6-15-33(16-7-29)44-32-12-1-26(2-13-32)23-28-4-3-27-5-14-36(45-34-17-8-30(42)9-18-34)24-39(27)40-25-37(21-22-38(28)40)46-35-19-10-31(43)11-20-35/h1-2,5-22,24-25H,3-4,23H2,(H2-,41,42,43)/p+1. The van der Waals surface area contributed by atoms with Gasteiger partial charge in [0.05, 0.1) is 6.08 Å². The molecule has 0 radical (unpaired) electrons. The Morgan fingerprint density at radius 1 is 0.565 bits per heavy atom. The number of fused-ring (bicyclic) bond motifs is 3. The fourth-order valence-corrected chi connectivity index (χ4v) is 5.68. The molecule has 0 unspecified atom stereocenters. The van der Waals surface area contributed by atoms with E-state index < -0.39 is 0 Å². The molecule has 0 saturated carbocycles. The molecule has 5 aromatic carbocycles. The van der Waals surface area contributed by atoms with E-state index in [9.17, 15) is 15.3 Å². The van der Waals surface area contributed by atoms with E-state index in [1.165, 1.54) is 16.7 Å². The zero-order valence-electron chi connectivity index (χ0n) is 24.9. The first-order valence-corrected chi connectivity index (χ1v) is 15.1. The molecule has 0 spiro atoms. The van der Waals surface area contributed by atoms with Gasteiger partial charge in [0.1, 0.15) is 40.2 Å². The van der Waals surface area contributed by atoms with Gasteiger partial charge >= 0.3 is 11.5 Å². The minimum atomic E-state index is 0.184. The molecule has 0 aromatic heterocycles. The van der Waals surface area contributed by atoms with E-state index in [1.807, 2.05) is 24.3 Å². The van der Waals surface area contributed by atoms with Crippen LogP contribution in [0.15, 0.2) is 145 Å². The van der Waals surface area contributed by atoms with Crippen molar-refractivity contribution < 1.29 is 29.2 Å². The average molecular weight is 608 g/mol. The molecule has 46 heavy (non-hydrogen) atoms. The topological polar surface area (TPSA) is 90.5 Å². The molecule has 0 amide bonds. The molecule has 6 nitrogen and oxygen atoms in total. The van der Waals surface area contributed by atoms with Crippen LogP contribution in [0.1, 0.15) is 23.1 Å². The lowest BCUT2D eigenvalue weighted by Crippen LogP contribution is -2.04. The molecular weight excluding hydrogens is 576 g/mol. The molecule has 2 aliphatic carbocycles. The molecule has 0 atom stereocenters. The number of benzene rings is 5. The number of rotatable bonds is 7. The molecule has 226 valence electrons. The number of ketones is 1. The Labute approximate surface area is 266 Å². The van der Waals surface area contributed by atoms with Crippen molar-refractivity contribution >= 4 is 11.4 Å². The summed E-state index contributed by atoms with van der Waals surface area (Å²) in [4.78, 5) is 0. The molecule has 0 saturated heterocycles. The van der Waals surface area contributed by atoms with Crippen LogP contribution in [0, 0.1) is 0 Å². The number of aromatic hydroxyl groups is 3. The van der Waals surface area contributed by atoms with Crippen LogP contribution in [0.5, 0.6) is 46.0 Å². The SMILES string of the molecule is Oc1ccc(Oc2ccc(CC3=C4C=CC(=[O+]c5ccc(O)cc5)C=C4c4cc(Oc5ccc(O)cc5)ccc4CC3)cc2)cc1. The minimum Gasteiger partial charge on any atom is -0.508 e. The predicted octanol–water partition coefficient (Wildman–Crippen LogP) is 9.35. The normalized spacial score (nSPS) is 14.7. The van der Waals surface area contributed by atoms with Crippen molar-refractivity contribution in [3.05, 3.63) is 161 Å². The number of ether oxygens (including phenoxy) is 2. The van der Waals surface area contributed by atoms with Gasteiger partial charge in [0.25, 0.3) is 0 Å². The van der Waals surface area contributed by atoms with Crippen molar-refractivity contribution in [1.29, 1.82) is 0 Å². The van der Waals surface area contributed by atoms with Gasteiger partial charge in [-0.2, -0.15) is 0 Å². The highest BCUT2D eigenvalue weighted by Crippen LogP contribution is 2.40. The molecule has 3 N–H and O–H groups in total. The van der Waals surface area contributed by atoms with Gasteiger partial charge in [-0.1, -0.05) is 23.8 Å². The second-order valence-electron chi connectivity index (χ2n) is 11.2. The molecule has 2 aliphatic rings. The number of hydrogen-bond acceptors (Lipinski definition) is 5. The second kappa shape index (κ2) is 12.5. The molecule has 0 aliphatic heterocycles. The Morgan fingerprint density at radius 2 is 1.11 bits per heavy atom. The molecule has 7 rings (SSSR count). The van der Waals surface area contributed by atoms with E-state index in [0.717, 1.165) is 41.7 Å². The maximum Gasteiger partial charge on any atom is 0.354 e. The third kappa shape index (κ3) is 6.56. The molecule has 0 fully saturated rings. The smallest absolute Gasteiger partial charge is 0.354 e. The van der Waals surface area contributed by atoms with Crippen LogP contribution in [0.3, 0.4) is 0 Å². The lowest BCUT2D eigenvalue weighted by Gasteiger charge is -2.16. The summed E-state index contributed by atoms with van der Waals surface area (Å²) in [5, 5.41) is 28.9. The monoisotopic (exact) mass is 607 g/mol. The van der Waals surface area contributed by atoms with Gasteiger partial charge in [0.2, 0.25) is 0 Å². The molecular formula is C40H31O6+. The van der Waals surface area contributed by atoms with Crippen LogP contribution < -0.4 is 9.47 Å². The van der Waals surface area contributed by atoms with E-state index >= 15 is 0 Å². The summed E-state index contributed by atoms with van der Waals surface area (Å²) in [6, 6.07) is 34.4. The fraction of sp³-hybridized carbons (Fsp3) is 0.0750. The summed E-state index contributed by atoms with van der Waals surface area (Å²) >= 11 is 0. The molecule has 5 aromatic rings. The quantitative estimate of drug-likeness (QED) is 0.160. The number of phenolic OH excluding ortho intramolecular Hbond substituents is 3. The highest BCUT2D eigenvalue weighted by atomic mass is 16.5. The van der Waals surface area contributed by atoms with Gasteiger partial charge in [0.15, 0.2) is 0 Å². The van der Waals surface area contributed by atoms with Crippen LogP contribution in [0.25, 0.3) is 5.57 Å². The van der Waals surface area contributed by atoms with Gasteiger partial charge < -0.3 is 24.8 Å². The van der Waals surface area contributed by atoms with Crippen LogP contribution in [-0.2, 0) is 17.3 Å². The molecule has 0 bridgehead atoms. The third-order valence-electron chi connectivity index (χ3n) is 8.00. The maximum absolute atomic E-state index is 9.71. The van der Waals surface area contributed by atoms with Gasteiger partial charge in [-0.25, -0.2) is 4.42 Å². The first-order valence-electron chi connectivity index (χ1n) is 15.1. The molecule has 6 heteroatoms. The van der Waals surface area contributed by atoms with E-state index in [4.69, 9.17) is 13.9 Å². The van der Waals surface area contributed by atoms with Gasteiger partial charge in [-0.15, -0.1) is 0 Å². The van der Waals surface area contributed by atoms with E-state index in [2.05, 4.69) is 36.4 Å². The maximum atomic E-state index is 9.71. The van der Waals surface area contributed by atoms with E-state index in [0.29, 0.717) is 28.8 Å². The van der Waals surface area contributed by atoms with E-state index in [-0.39, 0.29) is 17.2 Å². The van der Waals surface area contributed by atoms with Gasteiger partial charge in [0, 0.05) is 18.2 Å². The second-order valence-corrected chi connectivity index (χ2v) is 11.2. The zero-order valence-corrected chi connectivity index (χ0v) is 24.9. The first kappa shape index (κ1) is 28.7. The Hall–Kier alpha value is -6.01. The zero-order chi connectivity index (χ0) is 31.5. The first-order chi connectivity index (χ1) is 22.4. The largest absolute Gasteiger partial charge is 0.508 e. The number of allylic oxidation sites excluding steroid dienone is 6. The highest BCUT2D eigenvalue weighted by molar-refractivity contribution is 6.11. The van der Waals surface area contributed by atoms with Crippen molar-refractivity contribution in [3.8, 4) is 46.0 Å². The summed E-state index contributed by atoms with van der Waals surface area (Å²) in [5.41, 5.74) is 7.00. The number of carbonyl (C=O) groups excluding carboxylic acids is 1. The van der Waals surface area contributed by atoms with Crippen molar-refractivity contribution in [3.63, 3.8) is 0 Å².